The first-order chi connectivity index (χ1) is 14.2. The molecule has 2 aliphatic heterocycles. The summed E-state index contributed by atoms with van der Waals surface area (Å²) in [6.07, 6.45) is 4.61. The summed E-state index contributed by atoms with van der Waals surface area (Å²) in [6.45, 7) is 3.19. The maximum Gasteiger partial charge on any atom is 0.251 e. The summed E-state index contributed by atoms with van der Waals surface area (Å²) < 4.78 is 0. The Morgan fingerprint density at radius 3 is 2.45 bits per heavy atom. The minimum atomic E-state index is 0.0623. The van der Waals surface area contributed by atoms with Crippen LogP contribution in [-0.2, 0) is 6.54 Å². The van der Waals surface area contributed by atoms with Crippen LogP contribution in [0.3, 0.4) is 0 Å². The monoisotopic (exact) mass is 384 g/mol. The van der Waals surface area contributed by atoms with Crippen LogP contribution in [0, 0.1) is 6.92 Å². The molecular weight excluding hydrogens is 356 g/mol. The number of piperidine rings is 1. The molecule has 2 fully saturated rings. The van der Waals surface area contributed by atoms with Crippen molar-refractivity contribution < 1.29 is 4.79 Å². The second-order valence-corrected chi connectivity index (χ2v) is 8.75. The predicted octanol–water partition coefficient (Wildman–Crippen LogP) is 5.07. The van der Waals surface area contributed by atoms with Crippen molar-refractivity contribution in [3.63, 3.8) is 0 Å². The Bertz CT molecular complexity index is 1030. The van der Waals surface area contributed by atoms with E-state index in [0.717, 1.165) is 30.3 Å². The van der Waals surface area contributed by atoms with Gasteiger partial charge in [0.15, 0.2) is 0 Å². The highest BCUT2D eigenvalue weighted by Gasteiger charge is 2.40. The molecule has 2 aliphatic rings. The number of hydrogen-bond acceptors (Lipinski definition) is 2. The average Bonchev–Trinajstić information content (AvgIpc) is 2.95. The van der Waals surface area contributed by atoms with Crippen LogP contribution in [0.15, 0.2) is 66.7 Å². The van der Waals surface area contributed by atoms with Gasteiger partial charge in [0.1, 0.15) is 0 Å². The second kappa shape index (κ2) is 7.64. The lowest BCUT2D eigenvalue weighted by Crippen LogP contribution is -2.50. The molecule has 2 heterocycles. The van der Waals surface area contributed by atoms with E-state index in [1.807, 2.05) is 30.3 Å². The van der Waals surface area contributed by atoms with E-state index in [1.165, 1.54) is 29.4 Å². The van der Waals surface area contributed by atoms with Gasteiger partial charge in [0.25, 0.3) is 5.91 Å². The van der Waals surface area contributed by atoms with Gasteiger partial charge in [-0.3, -0.25) is 9.69 Å². The Morgan fingerprint density at radius 1 is 0.931 bits per heavy atom. The van der Waals surface area contributed by atoms with E-state index in [9.17, 15) is 4.79 Å². The van der Waals surface area contributed by atoms with Gasteiger partial charge in [0, 0.05) is 30.2 Å². The van der Waals surface area contributed by atoms with Gasteiger partial charge in [-0.05, 0) is 61.1 Å². The smallest absolute Gasteiger partial charge is 0.251 e. The number of aryl methyl sites for hydroxylation is 1. The minimum absolute atomic E-state index is 0.0623. The molecule has 0 spiro atoms. The number of nitrogens with one attached hydrogen (secondary N) is 1. The lowest BCUT2D eigenvalue weighted by Gasteiger charge is -2.39. The standard InChI is InChI=1S/C26H28N2O/c1-18-5-4-6-19(13-18)17-28-24-11-12-25(28)16-23(15-24)27-26(29)22-10-9-20-7-2-3-8-21(20)14-22/h2-10,13-14,23-25H,11-12,15-17H2,1H3,(H,27,29). The Balaban J connectivity index is 1.25. The zero-order valence-corrected chi connectivity index (χ0v) is 17.0. The number of benzene rings is 3. The number of rotatable bonds is 4. The van der Waals surface area contributed by atoms with E-state index in [2.05, 4.69) is 53.5 Å². The first-order valence-corrected chi connectivity index (χ1v) is 10.8. The number of amides is 1. The molecule has 148 valence electrons. The van der Waals surface area contributed by atoms with Gasteiger partial charge in [-0.1, -0.05) is 60.2 Å². The summed E-state index contributed by atoms with van der Waals surface area (Å²) in [6, 6.07) is 24.5. The SMILES string of the molecule is Cc1cccc(CN2C3CCC2CC(NC(=O)c2ccc4ccccc4c2)C3)c1. The van der Waals surface area contributed by atoms with Gasteiger partial charge in [0.2, 0.25) is 0 Å². The summed E-state index contributed by atoms with van der Waals surface area (Å²) in [5, 5.41) is 5.62. The molecule has 1 N–H and O–H groups in total. The molecule has 2 unspecified atom stereocenters. The quantitative estimate of drug-likeness (QED) is 0.681. The van der Waals surface area contributed by atoms with Crippen molar-refractivity contribution in [3.8, 4) is 0 Å². The van der Waals surface area contributed by atoms with Crippen LogP contribution < -0.4 is 5.32 Å². The molecule has 3 nitrogen and oxygen atoms in total. The highest BCUT2D eigenvalue weighted by molar-refractivity contribution is 5.98. The van der Waals surface area contributed by atoms with E-state index in [1.54, 1.807) is 0 Å². The first kappa shape index (κ1) is 18.4. The van der Waals surface area contributed by atoms with Crippen molar-refractivity contribution in [1.29, 1.82) is 0 Å². The van der Waals surface area contributed by atoms with Crippen molar-refractivity contribution in [2.45, 2.75) is 57.3 Å². The molecule has 2 saturated heterocycles. The third-order valence-corrected chi connectivity index (χ3v) is 6.68. The Labute approximate surface area is 172 Å². The van der Waals surface area contributed by atoms with Gasteiger partial charge in [0.05, 0.1) is 0 Å². The highest BCUT2D eigenvalue weighted by Crippen LogP contribution is 2.37. The van der Waals surface area contributed by atoms with E-state index in [4.69, 9.17) is 0 Å². The van der Waals surface area contributed by atoms with E-state index in [0.29, 0.717) is 12.1 Å². The largest absolute Gasteiger partial charge is 0.349 e. The molecule has 29 heavy (non-hydrogen) atoms. The number of fused-ring (bicyclic) bond motifs is 3. The third kappa shape index (κ3) is 3.79. The molecule has 0 saturated carbocycles. The molecule has 1 amide bonds. The number of nitrogens with zero attached hydrogens (tertiary/aromatic N) is 1. The van der Waals surface area contributed by atoms with Gasteiger partial charge >= 0.3 is 0 Å². The van der Waals surface area contributed by atoms with Crippen LogP contribution in [0.1, 0.15) is 47.2 Å². The zero-order valence-electron chi connectivity index (χ0n) is 17.0. The van der Waals surface area contributed by atoms with Crippen LogP contribution >= 0.6 is 0 Å². The van der Waals surface area contributed by atoms with E-state index >= 15 is 0 Å². The summed E-state index contributed by atoms with van der Waals surface area (Å²) in [5.41, 5.74) is 3.49. The average molecular weight is 385 g/mol. The summed E-state index contributed by atoms with van der Waals surface area (Å²) in [7, 11) is 0. The Hall–Kier alpha value is -2.65. The van der Waals surface area contributed by atoms with Gasteiger partial charge < -0.3 is 5.32 Å². The molecule has 2 bridgehead atoms. The van der Waals surface area contributed by atoms with Crippen LogP contribution in [0.2, 0.25) is 0 Å². The molecule has 3 heteroatoms. The minimum Gasteiger partial charge on any atom is -0.349 e. The molecule has 0 radical (unpaired) electrons. The molecule has 0 aliphatic carbocycles. The fourth-order valence-corrected chi connectivity index (χ4v) is 5.27. The lowest BCUT2D eigenvalue weighted by atomic mass is 9.96. The van der Waals surface area contributed by atoms with Crippen LogP contribution in [-0.4, -0.2) is 28.9 Å². The molecule has 2 atom stereocenters. The van der Waals surface area contributed by atoms with Gasteiger partial charge in [-0.25, -0.2) is 0 Å². The van der Waals surface area contributed by atoms with Crippen molar-refractivity contribution in [1.82, 2.24) is 10.2 Å². The number of carbonyl (C=O) groups is 1. The fourth-order valence-electron chi connectivity index (χ4n) is 5.27. The highest BCUT2D eigenvalue weighted by atomic mass is 16.1. The number of carbonyl (C=O) groups excluding carboxylic acids is 1. The second-order valence-electron chi connectivity index (χ2n) is 8.75. The molecular formula is C26H28N2O. The maximum atomic E-state index is 12.9. The van der Waals surface area contributed by atoms with Crippen molar-refractivity contribution >= 4 is 16.7 Å². The molecule has 3 aromatic carbocycles. The van der Waals surface area contributed by atoms with Gasteiger partial charge in [-0.15, -0.1) is 0 Å². The van der Waals surface area contributed by atoms with Crippen LogP contribution in [0.4, 0.5) is 0 Å². The van der Waals surface area contributed by atoms with E-state index < -0.39 is 0 Å². The molecule has 5 rings (SSSR count). The predicted molar refractivity (Wildman–Crippen MR) is 118 cm³/mol. The first-order valence-electron chi connectivity index (χ1n) is 10.8. The third-order valence-electron chi connectivity index (χ3n) is 6.68. The Kier molecular flexibility index (Phi) is 4.84. The van der Waals surface area contributed by atoms with Crippen LogP contribution in [0.5, 0.6) is 0 Å². The summed E-state index contributed by atoms with van der Waals surface area (Å²) in [4.78, 5) is 15.5. The van der Waals surface area contributed by atoms with E-state index in [-0.39, 0.29) is 11.9 Å². The molecule has 3 aromatic rings. The van der Waals surface area contributed by atoms with Crippen LogP contribution in [0.25, 0.3) is 10.8 Å². The van der Waals surface area contributed by atoms with Crippen molar-refractivity contribution in [2.24, 2.45) is 0 Å². The maximum absolute atomic E-state index is 12.9. The topological polar surface area (TPSA) is 32.3 Å². The van der Waals surface area contributed by atoms with Crippen molar-refractivity contribution in [3.05, 3.63) is 83.4 Å². The zero-order chi connectivity index (χ0) is 19.8. The lowest BCUT2D eigenvalue weighted by molar-refractivity contribution is 0.0828. The fraction of sp³-hybridized carbons (Fsp3) is 0.346. The molecule has 0 aromatic heterocycles. The number of hydrogen-bond donors (Lipinski definition) is 1. The normalized spacial score (nSPS) is 24.0. The van der Waals surface area contributed by atoms with Crippen molar-refractivity contribution in [2.75, 3.05) is 0 Å². The summed E-state index contributed by atoms with van der Waals surface area (Å²) in [5.74, 6) is 0.0623. The van der Waals surface area contributed by atoms with Gasteiger partial charge in [-0.2, -0.15) is 0 Å². The Morgan fingerprint density at radius 2 is 1.69 bits per heavy atom. The summed E-state index contributed by atoms with van der Waals surface area (Å²) >= 11 is 0.